The number of rotatable bonds is 26. The quantitative estimate of drug-likeness (QED) is 0.0275. The summed E-state index contributed by atoms with van der Waals surface area (Å²) >= 11 is 0. The highest BCUT2D eigenvalue weighted by atomic mass is 16.2. The Morgan fingerprint density at radius 1 is 0.516 bits per heavy atom. The van der Waals surface area contributed by atoms with E-state index in [9.17, 15) is 33.6 Å². The van der Waals surface area contributed by atoms with Gasteiger partial charge in [-0.25, -0.2) is 0 Å². The molecule has 15 N–H and O–H groups in total. The van der Waals surface area contributed by atoms with Gasteiger partial charge >= 0.3 is 0 Å². The molecule has 3 aromatic rings. The van der Waals surface area contributed by atoms with Crippen LogP contribution in [0.5, 0.6) is 0 Å². The van der Waals surface area contributed by atoms with Gasteiger partial charge in [-0.15, -0.1) is 0 Å². The fourth-order valence-corrected chi connectivity index (χ4v) is 6.49. The first-order chi connectivity index (χ1) is 29.5. The van der Waals surface area contributed by atoms with Gasteiger partial charge in [-0.2, -0.15) is 0 Å². The summed E-state index contributed by atoms with van der Waals surface area (Å²) in [7, 11) is 0. The van der Waals surface area contributed by atoms with Gasteiger partial charge in [0.15, 0.2) is 5.96 Å². The number of amides is 7. The van der Waals surface area contributed by atoms with Crippen LogP contribution >= 0.6 is 0 Å². The van der Waals surface area contributed by atoms with E-state index < -0.39 is 77.6 Å². The van der Waals surface area contributed by atoms with Crippen molar-refractivity contribution in [2.75, 3.05) is 6.54 Å². The summed E-state index contributed by atoms with van der Waals surface area (Å²) in [5.74, 6) is -5.43. The average Bonchev–Trinajstić information content (AvgIpc) is 3.23. The van der Waals surface area contributed by atoms with Crippen LogP contribution in [0.3, 0.4) is 0 Å². The van der Waals surface area contributed by atoms with Crippen LogP contribution in [0.2, 0.25) is 0 Å². The van der Waals surface area contributed by atoms with Crippen LogP contribution in [0.15, 0.2) is 96.0 Å². The van der Waals surface area contributed by atoms with Crippen LogP contribution in [0.4, 0.5) is 0 Å². The fourth-order valence-electron chi connectivity index (χ4n) is 6.49. The molecule has 0 unspecified atom stereocenters. The number of carbonyl (C=O) groups is 7. The summed E-state index contributed by atoms with van der Waals surface area (Å²) in [6.07, 6.45) is 0.0979. The van der Waals surface area contributed by atoms with Gasteiger partial charge in [0, 0.05) is 25.8 Å². The number of hydrogen-bond acceptors (Lipinski definition) is 9. The topological polar surface area (TPSA) is 322 Å². The van der Waals surface area contributed by atoms with Crippen LogP contribution in [-0.4, -0.2) is 90.1 Å². The Morgan fingerprint density at radius 2 is 0.919 bits per heavy atom. The molecule has 3 aromatic carbocycles. The van der Waals surface area contributed by atoms with Crippen molar-refractivity contribution in [3.63, 3.8) is 0 Å². The van der Waals surface area contributed by atoms with Crippen LogP contribution in [0, 0.1) is 5.92 Å². The number of benzene rings is 3. The van der Waals surface area contributed by atoms with Gasteiger partial charge in [-0.3, -0.25) is 38.6 Å². The molecule has 0 aliphatic carbocycles. The van der Waals surface area contributed by atoms with Crippen molar-refractivity contribution in [1.82, 2.24) is 26.6 Å². The van der Waals surface area contributed by atoms with E-state index >= 15 is 0 Å². The monoisotopic (exact) mass is 855 g/mol. The molecule has 7 amide bonds. The summed E-state index contributed by atoms with van der Waals surface area (Å²) in [4.78, 5) is 97.6. The van der Waals surface area contributed by atoms with Gasteiger partial charge in [0.25, 0.3) is 0 Å². The third-order valence-electron chi connectivity index (χ3n) is 9.72. The van der Waals surface area contributed by atoms with Crippen molar-refractivity contribution >= 4 is 47.3 Å². The lowest BCUT2D eigenvalue weighted by atomic mass is 9.99. The van der Waals surface area contributed by atoms with E-state index in [0.29, 0.717) is 5.56 Å². The molecule has 18 nitrogen and oxygen atoms in total. The summed E-state index contributed by atoms with van der Waals surface area (Å²) < 4.78 is 0. The first-order valence-electron chi connectivity index (χ1n) is 20.5. The number of primary amides is 2. The van der Waals surface area contributed by atoms with Gasteiger partial charge in [0.2, 0.25) is 41.4 Å². The zero-order chi connectivity index (χ0) is 45.6. The Hall–Kier alpha value is -6.82. The normalized spacial score (nSPS) is 13.8. The van der Waals surface area contributed by atoms with E-state index in [2.05, 4.69) is 31.6 Å². The van der Waals surface area contributed by atoms with E-state index in [1.165, 1.54) is 0 Å². The molecule has 18 heteroatoms. The molecule has 334 valence electrons. The molecule has 0 saturated heterocycles. The molecule has 0 aromatic heterocycles. The summed E-state index contributed by atoms with van der Waals surface area (Å²) in [6, 6.07) is 19.7. The molecule has 0 spiro atoms. The number of carbonyl (C=O) groups excluding carboxylic acids is 7. The fraction of sp³-hybridized carbons (Fsp3) is 0.409. The summed E-state index contributed by atoms with van der Waals surface area (Å²) in [5, 5.41) is 13.4. The van der Waals surface area contributed by atoms with E-state index in [0.717, 1.165) is 11.1 Å². The van der Waals surface area contributed by atoms with Gasteiger partial charge < -0.3 is 55.3 Å². The highest BCUT2D eigenvalue weighted by molar-refractivity contribution is 5.97. The molecule has 0 bridgehead atoms. The minimum atomic E-state index is -1.43. The predicted molar refractivity (Wildman–Crippen MR) is 235 cm³/mol. The lowest BCUT2D eigenvalue weighted by molar-refractivity contribution is -0.135. The van der Waals surface area contributed by atoms with Gasteiger partial charge in [-0.05, 0) is 54.7 Å². The maximum atomic E-state index is 14.2. The van der Waals surface area contributed by atoms with Crippen molar-refractivity contribution in [3.8, 4) is 0 Å². The second-order valence-electron chi connectivity index (χ2n) is 15.5. The molecule has 0 radical (unpaired) electrons. The molecule has 62 heavy (non-hydrogen) atoms. The zero-order valence-corrected chi connectivity index (χ0v) is 35.3. The Kier molecular flexibility index (Phi) is 20.6. The van der Waals surface area contributed by atoms with Crippen LogP contribution in [0.25, 0.3) is 0 Å². The third kappa shape index (κ3) is 18.2. The molecule has 6 atom stereocenters. The average molecular weight is 856 g/mol. The van der Waals surface area contributed by atoms with Crippen molar-refractivity contribution < 1.29 is 33.6 Å². The van der Waals surface area contributed by atoms with Crippen molar-refractivity contribution in [2.24, 2.45) is 39.6 Å². The first-order valence-corrected chi connectivity index (χ1v) is 20.5. The van der Waals surface area contributed by atoms with Gasteiger partial charge in [0.1, 0.15) is 30.2 Å². The van der Waals surface area contributed by atoms with E-state index in [1.807, 2.05) is 44.2 Å². The smallest absolute Gasteiger partial charge is 0.243 e. The standard InChI is InChI=1S/C44H61N11O7/c1-27(2)23-35(54-39(58)31(45)24-28-13-6-3-7-14-28)42(61)55-36(26-30-17-10-5-11-18-30)43(62)52-33(20-21-37(46)56)41(60)51-32(19-12-22-50-44(48)49)40(59)53-34(38(47)57)25-29-15-8-4-9-16-29/h3-11,13-18,27,31-36H,12,19-26,45H2,1-2H3,(H2,46,56)(H2,47,57)(H,51,60)(H,52,62)(H,53,59)(H,54,58)(H,55,61)(H4,48,49,50)/t31-,32-,33-,34-,35-,36-/m0/s1. The first kappa shape index (κ1) is 49.5. The number of nitrogens with zero attached hydrogens (tertiary/aromatic N) is 1. The number of hydrogen-bond donors (Lipinski definition) is 10. The molecule has 0 saturated carbocycles. The Morgan fingerprint density at radius 3 is 1.39 bits per heavy atom. The van der Waals surface area contributed by atoms with Crippen LogP contribution in [0.1, 0.15) is 62.6 Å². The van der Waals surface area contributed by atoms with Crippen molar-refractivity contribution in [3.05, 3.63) is 108 Å². The van der Waals surface area contributed by atoms with E-state index in [1.54, 1.807) is 60.7 Å². The summed E-state index contributed by atoms with van der Waals surface area (Å²) in [6.45, 7) is 3.85. The Labute approximate surface area is 362 Å². The molecule has 0 heterocycles. The van der Waals surface area contributed by atoms with Crippen molar-refractivity contribution in [1.29, 1.82) is 0 Å². The highest BCUT2D eigenvalue weighted by Crippen LogP contribution is 2.12. The van der Waals surface area contributed by atoms with E-state index in [-0.39, 0.29) is 69.8 Å². The Bertz CT molecular complexity index is 1960. The van der Waals surface area contributed by atoms with Gasteiger partial charge in [-0.1, -0.05) is 105 Å². The van der Waals surface area contributed by atoms with Crippen molar-refractivity contribution in [2.45, 2.75) is 101 Å². The number of guanidine groups is 1. The minimum Gasteiger partial charge on any atom is -0.370 e. The molecular formula is C44H61N11O7. The van der Waals surface area contributed by atoms with Crippen LogP contribution in [-0.2, 0) is 52.8 Å². The minimum absolute atomic E-state index is 0.00763. The molecule has 0 fully saturated rings. The van der Waals surface area contributed by atoms with Gasteiger partial charge in [0.05, 0.1) is 6.04 Å². The second-order valence-corrected chi connectivity index (χ2v) is 15.5. The molecule has 0 aliphatic heterocycles. The number of aliphatic imine (C=N–C) groups is 1. The zero-order valence-electron chi connectivity index (χ0n) is 35.3. The Balaban J connectivity index is 1.87. The lowest BCUT2D eigenvalue weighted by Gasteiger charge is -2.28. The summed E-state index contributed by atoms with van der Waals surface area (Å²) in [5.41, 5.74) is 30.5. The maximum absolute atomic E-state index is 14.2. The van der Waals surface area contributed by atoms with E-state index in [4.69, 9.17) is 28.7 Å². The highest BCUT2D eigenvalue weighted by Gasteiger charge is 2.33. The molecule has 0 aliphatic rings. The lowest BCUT2D eigenvalue weighted by Crippen LogP contribution is -2.60. The SMILES string of the molecule is CC(C)C[C@H](NC(=O)[C@@H](N)Cc1ccccc1)C(=O)N[C@@H](Cc1ccccc1)C(=O)N[C@@H](CCC(N)=O)C(=O)N[C@@H](CCCN=C(N)N)C(=O)N[C@@H](Cc1ccccc1)C(N)=O. The largest absolute Gasteiger partial charge is 0.370 e. The second kappa shape index (κ2) is 25.7. The molecule has 3 rings (SSSR count). The number of nitrogens with one attached hydrogen (secondary N) is 5. The third-order valence-corrected chi connectivity index (χ3v) is 9.72. The molecular weight excluding hydrogens is 795 g/mol. The predicted octanol–water partition coefficient (Wildman–Crippen LogP) is -0.684. The van der Waals surface area contributed by atoms with Crippen LogP contribution < -0.4 is 55.3 Å². The number of nitrogens with two attached hydrogens (primary N) is 5. The maximum Gasteiger partial charge on any atom is 0.243 e.